The lowest BCUT2D eigenvalue weighted by molar-refractivity contribution is 0.0447. The Morgan fingerprint density at radius 1 is 0.949 bits per heavy atom. The molecule has 0 radical (unpaired) electrons. The molecule has 2 aromatic rings. The molecule has 1 atom stereocenters. The Hall–Kier alpha value is -2.85. The zero-order valence-electron chi connectivity index (χ0n) is 22.9. The summed E-state index contributed by atoms with van der Waals surface area (Å²) in [5.74, 6) is 0.878. The summed E-state index contributed by atoms with van der Waals surface area (Å²) >= 11 is 0. The Balaban J connectivity index is 1.24. The van der Waals surface area contributed by atoms with Crippen LogP contribution in [0.2, 0.25) is 0 Å². The van der Waals surface area contributed by atoms with Gasteiger partial charge >= 0.3 is 0 Å². The highest BCUT2D eigenvalue weighted by molar-refractivity contribution is 7.94. The van der Waals surface area contributed by atoms with Gasteiger partial charge in [-0.15, -0.1) is 0 Å². The Morgan fingerprint density at radius 3 is 2.36 bits per heavy atom. The lowest BCUT2D eigenvalue weighted by atomic mass is 9.93. The number of anilines is 4. The normalized spacial score (nSPS) is 25.3. The van der Waals surface area contributed by atoms with Gasteiger partial charge in [0.05, 0.1) is 27.3 Å². The number of hydrogen-bond donors (Lipinski definition) is 3. The van der Waals surface area contributed by atoms with Crippen LogP contribution in [0.1, 0.15) is 75.6 Å². The van der Waals surface area contributed by atoms with Crippen molar-refractivity contribution in [1.29, 1.82) is 0 Å². The van der Waals surface area contributed by atoms with Gasteiger partial charge < -0.3 is 20.2 Å². The van der Waals surface area contributed by atoms with E-state index in [0.29, 0.717) is 41.9 Å². The molecule has 2 saturated carbocycles. The lowest BCUT2D eigenvalue weighted by Gasteiger charge is -2.37. The van der Waals surface area contributed by atoms with Gasteiger partial charge in [-0.25, -0.2) is 13.4 Å². The molecule has 1 aromatic carbocycles. The summed E-state index contributed by atoms with van der Waals surface area (Å²) in [6.45, 7) is 6.59. The van der Waals surface area contributed by atoms with Crippen molar-refractivity contribution < 1.29 is 18.3 Å². The van der Waals surface area contributed by atoms with Crippen molar-refractivity contribution in [3.05, 3.63) is 42.0 Å². The van der Waals surface area contributed by atoms with Crippen LogP contribution in [-0.4, -0.2) is 60.9 Å². The molecule has 1 amide bonds. The highest BCUT2D eigenvalue weighted by atomic mass is 32.2. The molecule has 9 nitrogen and oxygen atoms in total. The van der Waals surface area contributed by atoms with E-state index in [1.54, 1.807) is 25.1 Å². The maximum absolute atomic E-state index is 13.6. The number of benzene rings is 1. The van der Waals surface area contributed by atoms with Crippen LogP contribution in [0.3, 0.4) is 0 Å². The summed E-state index contributed by atoms with van der Waals surface area (Å²) in [7, 11) is -3.50. The first-order valence-electron chi connectivity index (χ1n) is 14.1. The smallest absolute Gasteiger partial charge is 0.258 e. The number of carbonyl (C=O) groups is 1. The highest BCUT2D eigenvalue weighted by Crippen LogP contribution is 2.54. The third-order valence-corrected chi connectivity index (χ3v) is 11.4. The fraction of sp³-hybridized carbons (Fsp3) is 0.586. The van der Waals surface area contributed by atoms with E-state index in [0.717, 1.165) is 56.8 Å². The molecule has 2 aliphatic carbocycles. The van der Waals surface area contributed by atoms with Crippen LogP contribution >= 0.6 is 0 Å². The molecule has 2 aliphatic heterocycles. The average molecular weight is 554 g/mol. The van der Waals surface area contributed by atoms with Crippen molar-refractivity contribution in [3.63, 3.8) is 0 Å². The molecule has 4 fully saturated rings. The van der Waals surface area contributed by atoms with Crippen molar-refractivity contribution in [2.24, 2.45) is 5.41 Å². The largest absolute Gasteiger partial charge is 0.388 e. The zero-order valence-corrected chi connectivity index (χ0v) is 23.7. The molecular weight excluding hydrogens is 514 g/mol. The van der Waals surface area contributed by atoms with E-state index in [9.17, 15) is 18.3 Å². The molecular formula is C29H39N5O4S. The molecule has 0 bridgehead atoms. The molecule has 2 saturated heterocycles. The molecule has 0 unspecified atom stereocenters. The number of nitrogens with zero attached hydrogens (tertiary/aromatic N) is 3. The number of sulfonamides is 1. The van der Waals surface area contributed by atoms with E-state index >= 15 is 0 Å². The maximum Gasteiger partial charge on any atom is 0.258 e. The van der Waals surface area contributed by atoms with Crippen LogP contribution in [-0.2, 0) is 10.0 Å². The molecule has 210 valence electrons. The van der Waals surface area contributed by atoms with Gasteiger partial charge in [0.2, 0.25) is 10.0 Å². The Bertz CT molecular complexity index is 1370. The van der Waals surface area contributed by atoms with Gasteiger partial charge in [0, 0.05) is 26.2 Å². The Labute approximate surface area is 231 Å². The minimum atomic E-state index is -3.50. The highest BCUT2D eigenvalue weighted by Gasteiger charge is 2.50. The molecule has 10 heteroatoms. The van der Waals surface area contributed by atoms with Crippen LogP contribution in [0, 0.1) is 5.41 Å². The second-order valence-electron chi connectivity index (χ2n) is 12.6. The number of β-amino-alcohol motifs (C(OH)–C–C–N with tert-alkyl or cyclic N) is 1. The van der Waals surface area contributed by atoms with Gasteiger partial charge in [-0.05, 0) is 101 Å². The number of hydrogen-bond acceptors (Lipinski definition) is 7. The van der Waals surface area contributed by atoms with Crippen molar-refractivity contribution >= 4 is 38.9 Å². The van der Waals surface area contributed by atoms with E-state index in [1.807, 2.05) is 30.0 Å². The maximum atomic E-state index is 13.6. The van der Waals surface area contributed by atoms with Crippen LogP contribution in [0.5, 0.6) is 0 Å². The van der Waals surface area contributed by atoms with Gasteiger partial charge in [0.15, 0.2) is 0 Å². The van der Waals surface area contributed by atoms with Crippen LogP contribution < -0.4 is 19.8 Å². The summed E-state index contributed by atoms with van der Waals surface area (Å²) in [4.78, 5) is 22.5. The topological polar surface area (TPSA) is 115 Å². The van der Waals surface area contributed by atoms with E-state index in [2.05, 4.69) is 19.9 Å². The molecule has 6 rings (SSSR count). The van der Waals surface area contributed by atoms with Gasteiger partial charge in [0.1, 0.15) is 11.6 Å². The number of amides is 1. The molecule has 1 spiro atoms. The second-order valence-corrected chi connectivity index (χ2v) is 14.8. The van der Waals surface area contributed by atoms with Crippen LogP contribution in [0.15, 0.2) is 36.4 Å². The monoisotopic (exact) mass is 553 g/mol. The molecule has 4 aliphatic rings. The summed E-state index contributed by atoms with van der Waals surface area (Å²) in [6.07, 6.45) is 7.68. The average Bonchev–Trinajstić information content (AvgIpc) is 3.82. The Kier molecular flexibility index (Phi) is 6.34. The van der Waals surface area contributed by atoms with Crippen LogP contribution in [0.25, 0.3) is 0 Å². The summed E-state index contributed by atoms with van der Waals surface area (Å²) in [5.41, 5.74) is 1.44. The van der Waals surface area contributed by atoms with Gasteiger partial charge in [-0.2, -0.15) is 0 Å². The minimum Gasteiger partial charge on any atom is -0.388 e. The quantitative estimate of drug-likeness (QED) is 0.467. The number of aromatic nitrogens is 1. The number of piperidine rings is 2. The number of aliphatic hydroxyl groups is 1. The van der Waals surface area contributed by atoms with E-state index < -0.39 is 20.4 Å². The van der Waals surface area contributed by atoms with Gasteiger partial charge in [-0.1, -0.05) is 6.07 Å². The van der Waals surface area contributed by atoms with Gasteiger partial charge in [0.25, 0.3) is 5.91 Å². The SMILES string of the molecule is CC1(S(=O)(=O)Nc2ccc(C(=O)Nc3cccc(N4CCC[C@](C)(O)C4)n3)c(N3CCC4(CC3)CC4)c2)CC1. The number of rotatable bonds is 7. The van der Waals surface area contributed by atoms with Crippen molar-refractivity contribution in [2.45, 2.75) is 75.6 Å². The van der Waals surface area contributed by atoms with E-state index in [4.69, 9.17) is 0 Å². The van der Waals surface area contributed by atoms with E-state index in [-0.39, 0.29) is 5.91 Å². The fourth-order valence-electron chi connectivity index (χ4n) is 5.94. The molecule has 1 aromatic heterocycles. The lowest BCUT2D eigenvalue weighted by Crippen LogP contribution is -2.46. The first kappa shape index (κ1) is 26.4. The number of nitrogens with one attached hydrogen (secondary N) is 2. The molecule has 3 N–H and O–H groups in total. The second kappa shape index (κ2) is 9.37. The zero-order chi connectivity index (χ0) is 27.5. The molecule has 3 heterocycles. The summed E-state index contributed by atoms with van der Waals surface area (Å²) < 4.78 is 27.8. The summed E-state index contributed by atoms with van der Waals surface area (Å²) in [6, 6.07) is 10.7. The van der Waals surface area contributed by atoms with Crippen molar-refractivity contribution in [3.8, 4) is 0 Å². The van der Waals surface area contributed by atoms with Crippen LogP contribution in [0.4, 0.5) is 23.0 Å². The van der Waals surface area contributed by atoms with E-state index in [1.165, 1.54) is 12.8 Å². The predicted molar refractivity (Wildman–Crippen MR) is 154 cm³/mol. The fourth-order valence-corrected chi connectivity index (χ4v) is 7.26. The van der Waals surface area contributed by atoms with Gasteiger partial charge in [-0.3, -0.25) is 9.52 Å². The third-order valence-electron chi connectivity index (χ3n) is 9.19. The third kappa shape index (κ3) is 5.45. The molecule has 39 heavy (non-hydrogen) atoms. The van der Waals surface area contributed by atoms with Crippen molar-refractivity contribution in [2.75, 3.05) is 46.0 Å². The predicted octanol–water partition coefficient (Wildman–Crippen LogP) is 4.36. The minimum absolute atomic E-state index is 0.282. The Morgan fingerprint density at radius 2 is 1.69 bits per heavy atom. The number of carbonyl (C=O) groups excluding carboxylic acids is 1. The summed E-state index contributed by atoms with van der Waals surface area (Å²) in [5, 5.41) is 13.5. The standard InChI is InChI=1S/C29H39N5O4S/c1-27(36)9-4-16-34(20-27)25-6-3-5-24(30-25)31-26(35)22-8-7-21(32-39(37,38)28(2)10-11-28)19-23(22)33-17-14-29(12-13-29)15-18-33/h3,5-8,19,32,36H,4,9-18,20H2,1-2H3,(H,30,31,35)/t27-/m0/s1. The first-order valence-corrected chi connectivity index (χ1v) is 15.6. The first-order chi connectivity index (χ1) is 18.5. The van der Waals surface area contributed by atoms with Crippen molar-refractivity contribution in [1.82, 2.24) is 4.98 Å². The number of pyridine rings is 1.